The average Bonchev–Trinajstić information content (AvgIpc) is 2.30. The van der Waals surface area contributed by atoms with E-state index < -0.39 is 17.0 Å². The van der Waals surface area contributed by atoms with Gasteiger partial charge < -0.3 is 15.7 Å². The van der Waals surface area contributed by atoms with Gasteiger partial charge in [0.2, 0.25) is 5.91 Å². The van der Waals surface area contributed by atoms with Crippen molar-refractivity contribution < 1.29 is 14.7 Å². The standard InChI is InChI=1S/C10H11ClN4O3S/c11-8-5(2-1-3-12-8)13-10(18)19-9-14-6(16)4-7(17)15-9/h1-3,6,9,14,16H,4H2,(H,13,18)(H,15,17). The molecule has 2 amide bonds. The summed E-state index contributed by atoms with van der Waals surface area (Å²) in [7, 11) is 0. The number of pyridine rings is 1. The molecule has 1 fully saturated rings. The van der Waals surface area contributed by atoms with Crippen molar-refractivity contribution in [2.75, 3.05) is 5.32 Å². The molecule has 1 aliphatic rings. The number of nitrogens with one attached hydrogen (secondary N) is 3. The molecule has 0 aliphatic carbocycles. The summed E-state index contributed by atoms with van der Waals surface area (Å²) in [6.07, 6.45) is 0.512. The van der Waals surface area contributed by atoms with E-state index in [0.29, 0.717) is 5.69 Å². The smallest absolute Gasteiger partial charge is 0.286 e. The molecule has 0 saturated carbocycles. The lowest BCUT2D eigenvalue weighted by Gasteiger charge is -2.27. The largest absolute Gasteiger partial charge is 0.378 e. The Labute approximate surface area is 118 Å². The Balaban J connectivity index is 1.91. The third-order valence-electron chi connectivity index (χ3n) is 2.24. The zero-order valence-electron chi connectivity index (χ0n) is 9.59. The number of carbonyl (C=O) groups excluding carboxylic acids is 2. The van der Waals surface area contributed by atoms with Gasteiger partial charge in [-0.05, 0) is 23.9 Å². The number of halogens is 1. The van der Waals surface area contributed by atoms with Gasteiger partial charge in [0.25, 0.3) is 5.24 Å². The lowest BCUT2D eigenvalue weighted by atomic mass is 10.3. The second kappa shape index (κ2) is 6.20. The molecule has 1 saturated heterocycles. The predicted octanol–water partition coefficient (Wildman–Crippen LogP) is 0.712. The van der Waals surface area contributed by atoms with Crippen molar-refractivity contribution in [3.8, 4) is 0 Å². The van der Waals surface area contributed by atoms with Gasteiger partial charge in [0.15, 0.2) is 5.15 Å². The molecule has 0 spiro atoms. The molecule has 9 heteroatoms. The number of aliphatic hydroxyl groups excluding tert-OH is 1. The van der Waals surface area contributed by atoms with Crippen LogP contribution in [0, 0.1) is 0 Å². The normalized spacial score (nSPS) is 22.7. The van der Waals surface area contributed by atoms with E-state index in [2.05, 4.69) is 20.9 Å². The quantitative estimate of drug-likeness (QED) is 0.600. The van der Waals surface area contributed by atoms with Gasteiger partial charge in [-0.2, -0.15) is 0 Å². The van der Waals surface area contributed by atoms with Crippen molar-refractivity contribution in [3.05, 3.63) is 23.5 Å². The van der Waals surface area contributed by atoms with E-state index in [1.54, 1.807) is 12.1 Å². The van der Waals surface area contributed by atoms with Crippen LogP contribution in [-0.2, 0) is 4.79 Å². The third kappa shape index (κ3) is 4.06. The maximum Gasteiger partial charge on any atom is 0.286 e. The van der Waals surface area contributed by atoms with Gasteiger partial charge in [0, 0.05) is 6.20 Å². The minimum absolute atomic E-state index is 0.0346. The Bertz CT molecular complexity index is 501. The molecular formula is C10H11ClN4O3S. The van der Waals surface area contributed by atoms with Gasteiger partial charge >= 0.3 is 0 Å². The summed E-state index contributed by atoms with van der Waals surface area (Å²) in [4.78, 5) is 26.7. The highest BCUT2D eigenvalue weighted by atomic mass is 35.5. The van der Waals surface area contributed by atoms with Crippen molar-refractivity contribution in [2.24, 2.45) is 0 Å². The summed E-state index contributed by atoms with van der Waals surface area (Å²) >= 11 is 6.59. The first kappa shape index (κ1) is 14.1. The third-order valence-corrected chi connectivity index (χ3v) is 3.34. The number of nitrogens with zero attached hydrogens (tertiary/aromatic N) is 1. The van der Waals surface area contributed by atoms with Crippen LogP contribution in [0.25, 0.3) is 0 Å². The number of aromatic nitrogens is 1. The van der Waals surface area contributed by atoms with E-state index in [1.165, 1.54) is 6.20 Å². The highest BCUT2D eigenvalue weighted by Crippen LogP contribution is 2.21. The molecular weight excluding hydrogens is 292 g/mol. The van der Waals surface area contributed by atoms with Crippen LogP contribution in [0.5, 0.6) is 0 Å². The van der Waals surface area contributed by atoms with Crippen molar-refractivity contribution >= 4 is 40.2 Å². The van der Waals surface area contributed by atoms with Crippen LogP contribution in [0.15, 0.2) is 18.3 Å². The summed E-state index contributed by atoms with van der Waals surface area (Å²) < 4.78 is 0. The number of anilines is 1. The Hall–Kier alpha value is -1.35. The Kier molecular flexibility index (Phi) is 4.59. The molecule has 1 aromatic rings. The topological polar surface area (TPSA) is 103 Å². The SMILES string of the molecule is O=C1CC(O)NC(SC(=O)Nc2cccnc2Cl)N1. The molecule has 19 heavy (non-hydrogen) atoms. The van der Waals surface area contributed by atoms with Crippen LogP contribution in [0.1, 0.15) is 6.42 Å². The summed E-state index contributed by atoms with van der Waals surface area (Å²) in [6.45, 7) is 0. The summed E-state index contributed by atoms with van der Waals surface area (Å²) in [5.74, 6) is -0.323. The highest BCUT2D eigenvalue weighted by molar-refractivity contribution is 8.14. The van der Waals surface area contributed by atoms with Crippen LogP contribution >= 0.6 is 23.4 Å². The molecule has 2 unspecified atom stereocenters. The molecule has 0 radical (unpaired) electrons. The number of hydrogen-bond acceptors (Lipinski definition) is 6. The molecule has 1 aliphatic heterocycles. The van der Waals surface area contributed by atoms with Crippen LogP contribution in [-0.4, -0.2) is 33.0 Å². The van der Waals surface area contributed by atoms with E-state index >= 15 is 0 Å². The Morgan fingerprint density at radius 1 is 1.63 bits per heavy atom. The van der Waals surface area contributed by atoms with Crippen LogP contribution < -0.4 is 16.0 Å². The number of amides is 2. The van der Waals surface area contributed by atoms with E-state index in [4.69, 9.17) is 11.6 Å². The van der Waals surface area contributed by atoms with Crippen LogP contribution in [0.3, 0.4) is 0 Å². The van der Waals surface area contributed by atoms with Gasteiger partial charge in [0.05, 0.1) is 12.1 Å². The Morgan fingerprint density at radius 3 is 3.11 bits per heavy atom. The molecule has 0 aromatic carbocycles. The first-order valence-electron chi connectivity index (χ1n) is 5.36. The Morgan fingerprint density at radius 2 is 2.42 bits per heavy atom. The summed E-state index contributed by atoms with van der Waals surface area (Å²) in [5.41, 5.74) is -0.309. The second-order valence-electron chi connectivity index (χ2n) is 3.71. The zero-order chi connectivity index (χ0) is 13.8. The highest BCUT2D eigenvalue weighted by Gasteiger charge is 2.26. The van der Waals surface area contributed by atoms with Crippen molar-refractivity contribution in [1.29, 1.82) is 0 Å². The molecule has 2 atom stereocenters. The fourth-order valence-electron chi connectivity index (χ4n) is 1.45. The summed E-state index contributed by atoms with van der Waals surface area (Å²) in [6, 6.07) is 3.24. The fourth-order valence-corrected chi connectivity index (χ4v) is 2.41. The zero-order valence-corrected chi connectivity index (χ0v) is 11.2. The minimum Gasteiger partial charge on any atom is -0.378 e. The molecule has 0 bridgehead atoms. The van der Waals surface area contributed by atoms with E-state index in [9.17, 15) is 14.7 Å². The molecule has 7 nitrogen and oxygen atoms in total. The van der Waals surface area contributed by atoms with E-state index in [-0.39, 0.29) is 17.5 Å². The molecule has 1 aromatic heterocycles. The van der Waals surface area contributed by atoms with Gasteiger partial charge in [-0.3, -0.25) is 14.9 Å². The van der Waals surface area contributed by atoms with Gasteiger partial charge in [-0.15, -0.1) is 0 Å². The number of rotatable bonds is 2. The number of aliphatic hydroxyl groups is 1. The van der Waals surface area contributed by atoms with Gasteiger partial charge in [-0.1, -0.05) is 11.6 Å². The maximum atomic E-state index is 11.7. The van der Waals surface area contributed by atoms with E-state index in [1.807, 2.05) is 0 Å². The fraction of sp³-hybridized carbons (Fsp3) is 0.300. The van der Waals surface area contributed by atoms with Gasteiger partial charge in [-0.25, -0.2) is 4.98 Å². The number of hydrogen-bond donors (Lipinski definition) is 4. The molecule has 4 N–H and O–H groups in total. The first-order chi connectivity index (χ1) is 9.04. The van der Waals surface area contributed by atoms with Crippen molar-refractivity contribution in [1.82, 2.24) is 15.6 Å². The lowest BCUT2D eigenvalue weighted by molar-refractivity contribution is -0.126. The van der Waals surface area contributed by atoms with Crippen LogP contribution in [0.4, 0.5) is 10.5 Å². The first-order valence-corrected chi connectivity index (χ1v) is 6.62. The molecule has 2 rings (SSSR count). The molecule has 102 valence electrons. The minimum atomic E-state index is -0.957. The summed E-state index contributed by atoms with van der Waals surface area (Å²) in [5, 5.41) is 16.8. The monoisotopic (exact) mass is 302 g/mol. The van der Waals surface area contributed by atoms with Crippen molar-refractivity contribution in [3.63, 3.8) is 0 Å². The van der Waals surface area contributed by atoms with Crippen molar-refractivity contribution in [2.45, 2.75) is 18.1 Å². The number of carbonyl (C=O) groups is 2. The maximum absolute atomic E-state index is 11.7. The van der Waals surface area contributed by atoms with Gasteiger partial charge in [0.1, 0.15) is 11.7 Å². The average molecular weight is 303 g/mol. The molecule has 2 heterocycles. The lowest BCUT2D eigenvalue weighted by Crippen LogP contribution is -2.55. The number of thioether (sulfide) groups is 1. The second-order valence-corrected chi connectivity index (χ2v) is 5.14. The van der Waals surface area contributed by atoms with Crippen LogP contribution in [0.2, 0.25) is 5.15 Å². The predicted molar refractivity (Wildman–Crippen MR) is 71.5 cm³/mol. The van der Waals surface area contributed by atoms with E-state index in [0.717, 1.165) is 11.8 Å².